The van der Waals surface area contributed by atoms with Gasteiger partial charge >= 0.3 is 0 Å². The Labute approximate surface area is 154 Å². The predicted octanol–water partition coefficient (Wildman–Crippen LogP) is 4.74. The molecule has 0 heterocycles. The number of fused-ring (bicyclic) bond motifs is 2. The van der Waals surface area contributed by atoms with E-state index in [-0.39, 0.29) is 28.4 Å². The Morgan fingerprint density at radius 3 is 2.52 bits per heavy atom. The van der Waals surface area contributed by atoms with Crippen LogP contribution in [0.2, 0.25) is 0 Å². The minimum Gasteiger partial charge on any atom is -0.506 e. The van der Waals surface area contributed by atoms with Crippen molar-refractivity contribution >= 4 is 39.4 Å². The van der Waals surface area contributed by atoms with Gasteiger partial charge in [-0.05, 0) is 24.4 Å². The van der Waals surface area contributed by atoms with Crippen molar-refractivity contribution in [3.8, 4) is 0 Å². The summed E-state index contributed by atoms with van der Waals surface area (Å²) in [5.74, 6) is -0.634. The Hall–Kier alpha value is -3.80. The summed E-state index contributed by atoms with van der Waals surface area (Å²) >= 11 is 0. The highest BCUT2D eigenvalue weighted by Crippen LogP contribution is 2.37. The lowest BCUT2D eigenvalue weighted by Crippen LogP contribution is -2.08. The maximum atomic E-state index is 12.2. The molecule has 0 bridgehead atoms. The van der Waals surface area contributed by atoms with Crippen molar-refractivity contribution in [1.29, 1.82) is 0 Å². The van der Waals surface area contributed by atoms with Gasteiger partial charge < -0.3 is 5.11 Å². The molecule has 0 amide bonds. The molecule has 27 heavy (non-hydrogen) atoms. The first-order valence-electron chi connectivity index (χ1n) is 8.27. The van der Waals surface area contributed by atoms with E-state index in [1.807, 2.05) is 42.5 Å². The number of aliphatic hydroxyl groups excluding tert-OH is 1. The van der Waals surface area contributed by atoms with Crippen molar-refractivity contribution in [2.24, 2.45) is 4.99 Å². The maximum Gasteiger partial charge on any atom is 0.270 e. The number of aliphatic hydroxyl groups is 1. The molecule has 0 spiro atoms. The first-order chi connectivity index (χ1) is 13.0. The average Bonchev–Trinajstić information content (AvgIpc) is 2.93. The van der Waals surface area contributed by atoms with Crippen molar-refractivity contribution in [1.82, 2.24) is 0 Å². The number of aliphatic imine (C=N–C) groups is 1. The number of benzene rings is 3. The molecule has 0 unspecified atom stereocenters. The number of hydrogen-bond donors (Lipinski definition) is 1. The molecule has 0 aliphatic heterocycles. The van der Waals surface area contributed by atoms with Gasteiger partial charge in [0.15, 0.2) is 5.78 Å². The van der Waals surface area contributed by atoms with Gasteiger partial charge in [0.05, 0.1) is 21.9 Å². The van der Waals surface area contributed by atoms with Crippen LogP contribution in [0.4, 0.5) is 11.4 Å². The summed E-state index contributed by atoms with van der Waals surface area (Å²) in [5, 5.41) is 23.5. The van der Waals surface area contributed by atoms with Gasteiger partial charge in [-0.3, -0.25) is 14.9 Å². The fourth-order valence-electron chi connectivity index (χ4n) is 3.31. The summed E-state index contributed by atoms with van der Waals surface area (Å²) in [7, 11) is 0. The summed E-state index contributed by atoms with van der Waals surface area (Å²) in [6, 6.07) is 17.5. The monoisotopic (exact) mass is 358 g/mol. The molecule has 6 heteroatoms. The van der Waals surface area contributed by atoms with Gasteiger partial charge in [-0.1, -0.05) is 36.4 Å². The van der Waals surface area contributed by atoms with Gasteiger partial charge in [0.2, 0.25) is 0 Å². The quantitative estimate of drug-likeness (QED) is 0.540. The molecule has 1 N–H and O–H groups in total. The summed E-state index contributed by atoms with van der Waals surface area (Å²) in [6.07, 6.45) is 0. The minimum atomic E-state index is -0.541. The molecule has 4 rings (SSSR count). The van der Waals surface area contributed by atoms with Crippen LogP contribution in [0.25, 0.3) is 16.5 Å². The molecule has 0 radical (unpaired) electrons. The van der Waals surface area contributed by atoms with E-state index < -0.39 is 4.92 Å². The van der Waals surface area contributed by atoms with Crippen LogP contribution in [-0.4, -0.2) is 21.5 Å². The largest absolute Gasteiger partial charge is 0.506 e. The molecule has 6 nitrogen and oxygen atoms in total. The molecule has 3 aromatic carbocycles. The topological polar surface area (TPSA) is 92.8 Å². The number of non-ortho nitro benzene ring substituents is 1. The Morgan fingerprint density at radius 2 is 1.78 bits per heavy atom. The van der Waals surface area contributed by atoms with Gasteiger partial charge in [0, 0.05) is 28.6 Å². The van der Waals surface area contributed by atoms with Crippen molar-refractivity contribution in [3.05, 3.63) is 87.5 Å². The summed E-state index contributed by atoms with van der Waals surface area (Å²) in [4.78, 5) is 27.4. The number of nitro groups is 1. The van der Waals surface area contributed by atoms with Crippen LogP contribution in [0.1, 0.15) is 18.1 Å². The third kappa shape index (κ3) is 2.67. The van der Waals surface area contributed by atoms with Gasteiger partial charge in [-0.2, -0.15) is 0 Å². The number of nitro benzene ring substituents is 1. The Balaban J connectivity index is 1.98. The number of ketones is 1. The van der Waals surface area contributed by atoms with E-state index in [4.69, 9.17) is 0 Å². The number of carbonyl (C=O) groups is 1. The van der Waals surface area contributed by atoms with Crippen LogP contribution in [-0.2, 0) is 4.79 Å². The maximum absolute atomic E-state index is 12.2. The molecule has 132 valence electrons. The molecule has 0 aromatic heterocycles. The zero-order valence-electron chi connectivity index (χ0n) is 14.3. The predicted molar refractivity (Wildman–Crippen MR) is 103 cm³/mol. The van der Waals surface area contributed by atoms with Crippen LogP contribution >= 0.6 is 0 Å². The summed E-state index contributed by atoms with van der Waals surface area (Å²) in [5.41, 5.74) is 1.62. The highest BCUT2D eigenvalue weighted by atomic mass is 16.6. The number of hydrogen-bond acceptors (Lipinski definition) is 5. The molecule has 0 saturated carbocycles. The van der Waals surface area contributed by atoms with E-state index in [0.29, 0.717) is 17.0 Å². The van der Waals surface area contributed by atoms with Crippen molar-refractivity contribution in [2.75, 3.05) is 0 Å². The molecule has 0 atom stereocenters. The van der Waals surface area contributed by atoms with Gasteiger partial charge in [0.25, 0.3) is 5.69 Å². The van der Waals surface area contributed by atoms with Crippen LogP contribution in [0.15, 0.2) is 71.2 Å². The van der Waals surface area contributed by atoms with E-state index in [1.54, 1.807) is 0 Å². The first kappa shape index (κ1) is 16.7. The molecular weight excluding hydrogens is 344 g/mol. The second-order valence-electron chi connectivity index (χ2n) is 6.23. The van der Waals surface area contributed by atoms with Gasteiger partial charge in [-0.15, -0.1) is 0 Å². The normalized spacial score (nSPS) is 14.6. The molecule has 0 fully saturated rings. The standard InChI is InChI=1S/C21H14N2O4/c1-12(24)19-20(16-10-9-14(23(26)27)11-17(16)21(19)25)22-18-8-4-6-13-5-2-3-7-15(13)18/h2-11,25H,1H3. The number of nitrogens with zero attached hydrogens (tertiary/aromatic N) is 2. The smallest absolute Gasteiger partial charge is 0.270 e. The molecular formula is C21H14N2O4. The van der Waals surface area contributed by atoms with E-state index >= 15 is 0 Å². The summed E-state index contributed by atoms with van der Waals surface area (Å²) < 4.78 is 0. The third-order valence-corrected chi connectivity index (χ3v) is 4.55. The zero-order chi connectivity index (χ0) is 19.1. The average molecular weight is 358 g/mol. The fourth-order valence-corrected chi connectivity index (χ4v) is 3.31. The fraction of sp³-hybridized carbons (Fsp3) is 0.0476. The number of allylic oxidation sites excluding steroid dienone is 1. The molecule has 1 aliphatic rings. The van der Waals surface area contributed by atoms with E-state index in [2.05, 4.69) is 4.99 Å². The summed E-state index contributed by atoms with van der Waals surface area (Å²) in [6.45, 7) is 1.34. The van der Waals surface area contributed by atoms with Crippen LogP contribution in [0.3, 0.4) is 0 Å². The zero-order valence-corrected chi connectivity index (χ0v) is 14.3. The van der Waals surface area contributed by atoms with Crippen molar-refractivity contribution in [2.45, 2.75) is 6.92 Å². The lowest BCUT2D eigenvalue weighted by atomic mass is 10.0. The van der Waals surface area contributed by atoms with E-state index in [0.717, 1.165) is 10.8 Å². The number of carbonyl (C=O) groups excluding carboxylic acids is 1. The third-order valence-electron chi connectivity index (χ3n) is 4.55. The number of Topliss-reactive ketones (excluding diaryl/α,β-unsaturated/α-hetero) is 1. The van der Waals surface area contributed by atoms with Crippen molar-refractivity contribution in [3.63, 3.8) is 0 Å². The van der Waals surface area contributed by atoms with Gasteiger partial charge in [-0.25, -0.2) is 4.99 Å². The lowest BCUT2D eigenvalue weighted by Gasteiger charge is -2.06. The molecule has 0 saturated heterocycles. The van der Waals surface area contributed by atoms with Gasteiger partial charge in [0.1, 0.15) is 5.76 Å². The Morgan fingerprint density at radius 1 is 1.04 bits per heavy atom. The number of rotatable bonds is 3. The highest BCUT2D eigenvalue weighted by Gasteiger charge is 2.32. The molecule has 3 aromatic rings. The SMILES string of the molecule is CC(=O)C1=C(O)c2cc([N+](=O)[O-])ccc2C1=Nc1cccc2ccccc12. The lowest BCUT2D eigenvalue weighted by molar-refractivity contribution is -0.384. The van der Waals surface area contributed by atoms with Crippen LogP contribution in [0, 0.1) is 10.1 Å². The van der Waals surface area contributed by atoms with E-state index in [9.17, 15) is 20.0 Å². The van der Waals surface area contributed by atoms with Crippen molar-refractivity contribution < 1.29 is 14.8 Å². The first-order valence-corrected chi connectivity index (χ1v) is 8.27. The van der Waals surface area contributed by atoms with E-state index in [1.165, 1.54) is 25.1 Å². The second-order valence-corrected chi connectivity index (χ2v) is 6.23. The minimum absolute atomic E-state index is 0.0680. The van der Waals surface area contributed by atoms with Crippen LogP contribution in [0.5, 0.6) is 0 Å². The molecule has 1 aliphatic carbocycles. The second kappa shape index (κ2) is 6.17. The van der Waals surface area contributed by atoms with Crippen LogP contribution < -0.4 is 0 Å². The Bertz CT molecular complexity index is 1190. The Kier molecular flexibility index (Phi) is 3.81. The highest BCUT2D eigenvalue weighted by molar-refractivity contribution is 6.36.